The van der Waals surface area contributed by atoms with Crippen molar-refractivity contribution in [1.29, 1.82) is 5.26 Å². The van der Waals surface area contributed by atoms with Crippen molar-refractivity contribution in [3.63, 3.8) is 0 Å². The van der Waals surface area contributed by atoms with Crippen LogP contribution >= 0.6 is 0 Å². The van der Waals surface area contributed by atoms with E-state index in [-0.39, 0.29) is 5.82 Å². The van der Waals surface area contributed by atoms with Crippen molar-refractivity contribution in [2.45, 2.75) is 6.54 Å². The van der Waals surface area contributed by atoms with Crippen LogP contribution in [0, 0.1) is 11.3 Å². The van der Waals surface area contributed by atoms with Gasteiger partial charge in [-0.1, -0.05) is 6.08 Å². The van der Waals surface area contributed by atoms with E-state index in [1.54, 1.807) is 10.6 Å². The normalized spacial score (nSPS) is 10.2. The number of nitrogens with zero attached hydrogens (tertiary/aromatic N) is 4. The molecule has 0 amide bonds. The quantitative estimate of drug-likeness (QED) is 0.714. The van der Waals surface area contributed by atoms with E-state index in [4.69, 9.17) is 16.7 Å². The zero-order chi connectivity index (χ0) is 11.7. The second-order valence-corrected chi connectivity index (χ2v) is 3.23. The minimum atomic E-state index is 0.260. The van der Waals surface area contributed by atoms with E-state index in [1.807, 2.05) is 6.07 Å². The summed E-state index contributed by atoms with van der Waals surface area (Å²) < 4.78 is 1.68. The third-order valence-electron chi connectivity index (χ3n) is 2.33. The van der Waals surface area contributed by atoms with Crippen molar-refractivity contribution in [1.82, 2.24) is 14.5 Å². The number of allylic oxidation sites excluding steroid dienone is 1. The Kier molecular flexibility index (Phi) is 2.21. The van der Waals surface area contributed by atoms with E-state index in [0.29, 0.717) is 29.0 Å². The van der Waals surface area contributed by atoms with Gasteiger partial charge in [0.15, 0.2) is 0 Å². The Morgan fingerprint density at radius 3 is 2.88 bits per heavy atom. The lowest BCUT2D eigenvalue weighted by molar-refractivity contribution is 0.861. The van der Waals surface area contributed by atoms with Gasteiger partial charge < -0.3 is 16.0 Å². The highest BCUT2D eigenvalue weighted by atomic mass is 15.1. The van der Waals surface area contributed by atoms with E-state index in [0.717, 1.165) is 0 Å². The van der Waals surface area contributed by atoms with Crippen LogP contribution in [0.15, 0.2) is 19.0 Å². The number of nitrogens with two attached hydrogens (primary N) is 2. The molecular weight excluding hydrogens is 204 g/mol. The van der Waals surface area contributed by atoms with Crippen LogP contribution < -0.4 is 11.5 Å². The van der Waals surface area contributed by atoms with Gasteiger partial charge in [0.1, 0.15) is 35.2 Å². The monoisotopic (exact) mass is 214 g/mol. The molecule has 4 N–H and O–H groups in total. The molecule has 0 aromatic carbocycles. The molecular formula is C10H10N6. The van der Waals surface area contributed by atoms with Crippen molar-refractivity contribution in [2.24, 2.45) is 0 Å². The molecule has 0 aliphatic heterocycles. The molecule has 2 heterocycles. The molecule has 0 bridgehead atoms. The van der Waals surface area contributed by atoms with Crippen molar-refractivity contribution in [2.75, 3.05) is 11.5 Å². The molecule has 0 atom stereocenters. The number of fused-ring (bicyclic) bond motifs is 1. The van der Waals surface area contributed by atoms with Crippen LogP contribution in [-0.2, 0) is 6.54 Å². The van der Waals surface area contributed by atoms with Gasteiger partial charge in [0.05, 0.1) is 5.39 Å². The zero-order valence-corrected chi connectivity index (χ0v) is 8.51. The fourth-order valence-electron chi connectivity index (χ4n) is 1.64. The van der Waals surface area contributed by atoms with Crippen LogP contribution in [0.2, 0.25) is 0 Å². The largest absolute Gasteiger partial charge is 0.384 e. The minimum absolute atomic E-state index is 0.260. The summed E-state index contributed by atoms with van der Waals surface area (Å²) in [5.41, 5.74) is 12.4. The number of anilines is 2. The minimum Gasteiger partial charge on any atom is -0.384 e. The molecule has 2 aromatic rings. The first-order valence-electron chi connectivity index (χ1n) is 4.59. The van der Waals surface area contributed by atoms with Gasteiger partial charge in [0, 0.05) is 6.54 Å². The SMILES string of the molecule is C=CCn1c(N)c(C#N)c2c(N)ncnc21. The Balaban J connectivity index is 2.93. The first kappa shape index (κ1) is 9.98. The van der Waals surface area contributed by atoms with E-state index in [1.165, 1.54) is 6.33 Å². The van der Waals surface area contributed by atoms with E-state index < -0.39 is 0 Å². The molecule has 6 nitrogen and oxygen atoms in total. The molecule has 0 aliphatic rings. The second kappa shape index (κ2) is 3.55. The molecule has 80 valence electrons. The van der Waals surface area contributed by atoms with Gasteiger partial charge in [0.2, 0.25) is 0 Å². The highest BCUT2D eigenvalue weighted by Gasteiger charge is 2.17. The standard InChI is InChI=1S/C10H10N6/c1-2-3-16-9(13)6(4-11)7-8(12)14-5-15-10(7)16/h2,5H,1,3,13H2,(H2,12,14,15). The van der Waals surface area contributed by atoms with Crippen LogP contribution in [0.5, 0.6) is 0 Å². The van der Waals surface area contributed by atoms with Gasteiger partial charge in [-0.05, 0) is 0 Å². The molecule has 0 saturated carbocycles. The van der Waals surface area contributed by atoms with Crippen LogP contribution in [0.3, 0.4) is 0 Å². The van der Waals surface area contributed by atoms with Crippen molar-refractivity contribution < 1.29 is 0 Å². The summed E-state index contributed by atoms with van der Waals surface area (Å²) in [5, 5.41) is 9.55. The Hall–Kier alpha value is -2.55. The van der Waals surface area contributed by atoms with Crippen LogP contribution in [0.25, 0.3) is 11.0 Å². The molecule has 0 saturated heterocycles. The van der Waals surface area contributed by atoms with Gasteiger partial charge in [0.25, 0.3) is 0 Å². The maximum Gasteiger partial charge on any atom is 0.148 e. The number of nitrogen functional groups attached to an aromatic ring is 2. The molecule has 0 aliphatic carbocycles. The smallest absolute Gasteiger partial charge is 0.148 e. The zero-order valence-electron chi connectivity index (χ0n) is 8.51. The number of rotatable bonds is 2. The lowest BCUT2D eigenvalue weighted by Gasteiger charge is -2.02. The lowest BCUT2D eigenvalue weighted by atomic mass is 10.2. The molecule has 16 heavy (non-hydrogen) atoms. The number of hydrogen-bond donors (Lipinski definition) is 2. The summed E-state index contributed by atoms with van der Waals surface area (Å²) >= 11 is 0. The highest BCUT2D eigenvalue weighted by molar-refractivity contribution is 5.96. The second-order valence-electron chi connectivity index (χ2n) is 3.23. The summed E-state index contributed by atoms with van der Waals surface area (Å²) in [4.78, 5) is 7.93. The Labute approximate surface area is 91.8 Å². The Morgan fingerprint density at radius 1 is 1.50 bits per heavy atom. The van der Waals surface area contributed by atoms with Crippen molar-refractivity contribution in [3.05, 3.63) is 24.5 Å². The summed E-state index contributed by atoms with van der Waals surface area (Å²) in [5.74, 6) is 0.598. The Morgan fingerprint density at radius 2 is 2.25 bits per heavy atom. The van der Waals surface area contributed by atoms with Crippen LogP contribution in [0.1, 0.15) is 5.56 Å². The third kappa shape index (κ3) is 1.19. The molecule has 0 unspecified atom stereocenters. The summed E-state index contributed by atoms with van der Waals surface area (Å²) in [6.07, 6.45) is 3.02. The van der Waals surface area contributed by atoms with Crippen molar-refractivity contribution in [3.8, 4) is 6.07 Å². The molecule has 0 fully saturated rings. The number of hydrogen-bond acceptors (Lipinski definition) is 5. The molecule has 0 spiro atoms. The predicted molar refractivity (Wildman–Crippen MR) is 61.3 cm³/mol. The highest BCUT2D eigenvalue weighted by Crippen LogP contribution is 2.29. The van der Waals surface area contributed by atoms with Gasteiger partial charge in [-0.25, -0.2) is 9.97 Å². The first-order valence-corrected chi connectivity index (χ1v) is 4.59. The van der Waals surface area contributed by atoms with E-state index >= 15 is 0 Å². The molecule has 6 heteroatoms. The topological polar surface area (TPSA) is 107 Å². The summed E-state index contributed by atoms with van der Waals surface area (Å²) in [6, 6.07) is 2.02. The fourth-order valence-corrected chi connectivity index (χ4v) is 1.64. The third-order valence-corrected chi connectivity index (χ3v) is 2.33. The average Bonchev–Trinajstić information content (AvgIpc) is 2.54. The Bertz CT molecular complexity index is 604. The summed E-state index contributed by atoms with van der Waals surface area (Å²) in [6.45, 7) is 4.10. The van der Waals surface area contributed by atoms with Gasteiger partial charge in [-0.2, -0.15) is 5.26 Å². The van der Waals surface area contributed by atoms with Gasteiger partial charge in [-0.3, -0.25) is 0 Å². The molecule has 2 rings (SSSR count). The number of nitriles is 1. The average molecular weight is 214 g/mol. The van der Waals surface area contributed by atoms with E-state index in [2.05, 4.69) is 16.5 Å². The first-order chi connectivity index (χ1) is 7.70. The maximum atomic E-state index is 9.04. The fraction of sp³-hybridized carbons (Fsp3) is 0.100. The van der Waals surface area contributed by atoms with Crippen molar-refractivity contribution >= 4 is 22.7 Å². The lowest BCUT2D eigenvalue weighted by Crippen LogP contribution is -2.02. The van der Waals surface area contributed by atoms with Crippen LogP contribution in [-0.4, -0.2) is 14.5 Å². The summed E-state index contributed by atoms with van der Waals surface area (Å²) in [7, 11) is 0. The molecule has 2 aromatic heterocycles. The number of aromatic nitrogens is 3. The van der Waals surface area contributed by atoms with Gasteiger partial charge in [-0.15, -0.1) is 6.58 Å². The predicted octanol–water partition coefficient (Wildman–Crippen LogP) is 0.653. The molecule has 0 radical (unpaired) electrons. The van der Waals surface area contributed by atoms with Crippen LogP contribution in [0.4, 0.5) is 11.6 Å². The van der Waals surface area contributed by atoms with E-state index in [9.17, 15) is 0 Å². The van der Waals surface area contributed by atoms with Gasteiger partial charge >= 0.3 is 0 Å². The maximum absolute atomic E-state index is 9.04.